The monoisotopic (exact) mass is 403 g/mol. The summed E-state index contributed by atoms with van der Waals surface area (Å²) in [5.41, 5.74) is 2.39. The molecule has 2 heterocycles. The summed E-state index contributed by atoms with van der Waals surface area (Å²) >= 11 is 1.50. The Morgan fingerprint density at radius 2 is 1.93 bits per heavy atom. The van der Waals surface area contributed by atoms with Crippen LogP contribution < -0.4 is 4.90 Å². The van der Waals surface area contributed by atoms with Gasteiger partial charge in [0.2, 0.25) is 0 Å². The number of thiazole rings is 1. The van der Waals surface area contributed by atoms with Crippen LogP contribution in [0.2, 0.25) is 0 Å². The molecule has 0 aliphatic carbocycles. The molecule has 7 heteroatoms. The predicted octanol–water partition coefficient (Wildman–Crippen LogP) is 4.44. The number of carbonyl (C=O) groups is 1. The fourth-order valence-electron chi connectivity index (χ4n) is 3.27. The lowest BCUT2D eigenvalue weighted by Crippen LogP contribution is -2.41. The van der Waals surface area contributed by atoms with Crippen LogP contribution in [0.3, 0.4) is 0 Å². The average Bonchev–Trinajstić information content (AvgIpc) is 3.07. The number of anilines is 1. The van der Waals surface area contributed by atoms with Gasteiger partial charge in [0.05, 0.1) is 23.7 Å². The number of carbonyl (C=O) groups excluding carboxylic acids is 1. The van der Waals surface area contributed by atoms with Gasteiger partial charge in [-0.3, -0.25) is 4.90 Å². The molecule has 0 bridgehead atoms. The molecule has 152 valence electrons. The third kappa shape index (κ3) is 4.47. The lowest BCUT2D eigenvalue weighted by Gasteiger charge is -2.31. The molecular weight excluding hydrogens is 374 g/mol. The van der Waals surface area contributed by atoms with Crippen molar-refractivity contribution in [3.8, 4) is 10.6 Å². The molecule has 0 spiro atoms. The van der Waals surface area contributed by atoms with Gasteiger partial charge < -0.3 is 14.7 Å². The summed E-state index contributed by atoms with van der Waals surface area (Å²) in [6, 6.07) is 8.34. The van der Waals surface area contributed by atoms with E-state index in [0.717, 1.165) is 34.2 Å². The zero-order valence-electron chi connectivity index (χ0n) is 17.2. The first kappa shape index (κ1) is 20.6. The summed E-state index contributed by atoms with van der Waals surface area (Å²) in [5, 5.41) is 11.4. The lowest BCUT2D eigenvalue weighted by atomic mass is 10.1. The summed E-state index contributed by atoms with van der Waals surface area (Å²) < 4.78 is 5.44. The highest BCUT2D eigenvalue weighted by Gasteiger charge is 2.32. The van der Waals surface area contributed by atoms with E-state index in [-0.39, 0.29) is 6.54 Å². The van der Waals surface area contributed by atoms with Crippen LogP contribution in [0, 0.1) is 0 Å². The number of aliphatic hydroxyl groups excluding tert-OH is 1. The van der Waals surface area contributed by atoms with Gasteiger partial charge in [-0.2, -0.15) is 0 Å². The number of hydrogen-bond donors (Lipinski definition) is 1. The maximum atomic E-state index is 12.4. The first-order valence-electron chi connectivity index (χ1n) is 9.72. The van der Waals surface area contributed by atoms with E-state index in [1.807, 2.05) is 20.8 Å². The maximum absolute atomic E-state index is 12.4. The summed E-state index contributed by atoms with van der Waals surface area (Å²) in [6.07, 6.45) is -1.16. The summed E-state index contributed by atoms with van der Waals surface area (Å²) in [7, 11) is 0. The number of amides is 1. The highest BCUT2D eigenvalue weighted by atomic mass is 32.1. The fraction of sp³-hybridized carbons (Fsp3) is 0.524. The number of β-amino-alcohol motifs (C(OH)–C–C–N with tert-alkyl or cyclic N) is 1. The predicted molar refractivity (Wildman–Crippen MR) is 113 cm³/mol. The number of aliphatic hydroxyl groups is 1. The Morgan fingerprint density at radius 1 is 1.29 bits per heavy atom. The molecule has 1 aromatic carbocycles. The van der Waals surface area contributed by atoms with Gasteiger partial charge >= 0.3 is 6.09 Å². The molecule has 28 heavy (non-hydrogen) atoms. The normalized spacial score (nSPS) is 16.6. The molecule has 1 unspecified atom stereocenters. The van der Waals surface area contributed by atoms with Gasteiger partial charge in [-0.15, -0.1) is 11.3 Å². The Morgan fingerprint density at radius 3 is 2.50 bits per heavy atom. The van der Waals surface area contributed by atoms with Crippen LogP contribution in [0.25, 0.3) is 10.6 Å². The van der Waals surface area contributed by atoms with Crippen molar-refractivity contribution >= 4 is 23.1 Å². The molecule has 1 amide bonds. The van der Waals surface area contributed by atoms with Crippen LogP contribution in [-0.4, -0.2) is 46.3 Å². The summed E-state index contributed by atoms with van der Waals surface area (Å²) in [6.45, 7) is 12.3. The van der Waals surface area contributed by atoms with Gasteiger partial charge in [-0.1, -0.05) is 0 Å². The van der Waals surface area contributed by atoms with Crippen LogP contribution >= 0.6 is 11.3 Å². The quantitative estimate of drug-likeness (QED) is 0.817. The van der Waals surface area contributed by atoms with Crippen LogP contribution in [-0.2, 0) is 11.3 Å². The number of fused-ring (bicyclic) bond motifs is 1. The molecule has 2 aromatic rings. The molecule has 1 aliphatic rings. The SMILES string of the molecule is CCN(CC)c1ccc(-c2nc3c(s2)C(O)CN(C(=O)OC(C)(C)C)C3)cc1. The molecule has 6 nitrogen and oxygen atoms in total. The Kier molecular flexibility index (Phi) is 5.95. The van der Waals surface area contributed by atoms with Crippen LogP contribution in [0.4, 0.5) is 10.5 Å². The van der Waals surface area contributed by atoms with Crippen molar-refractivity contribution in [3.05, 3.63) is 34.8 Å². The second kappa shape index (κ2) is 8.09. The van der Waals surface area contributed by atoms with Gasteiger partial charge in [-0.25, -0.2) is 9.78 Å². The minimum atomic E-state index is -0.738. The van der Waals surface area contributed by atoms with E-state index in [1.54, 1.807) is 0 Å². The maximum Gasteiger partial charge on any atom is 0.410 e. The Labute approximate surface area is 170 Å². The molecule has 1 aromatic heterocycles. The number of hydrogen-bond acceptors (Lipinski definition) is 6. The number of benzene rings is 1. The van der Waals surface area contributed by atoms with Gasteiger partial charge in [0, 0.05) is 24.3 Å². The molecule has 3 rings (SSSR count). The van der Waals surface area contributed by atoms with Crippen LogP contribution in [0.1, 0.15) is 51.3 Å². The fourth-order valence-corrected chi connectivity index (χ4v) is 4.32. The van der Waals surface area contributed by atoms with E-state index in [1.165, 1.54) is 21.9 Å². The smallest absolute Gasteiger partial charge is 0.410 e. The van der Waals surface area contributed by atoms with Crippen LogP contribution in [0.15, 0.2) is 24.3 Å². The van der Waals surface area contributed by atoms with E-state index in [0.29, 0.717) is 6.54 Å². The molecule has 1 N–H and O–H groups in total. The van der Waals surface area contributed by atoms with E-state index < -0.39 is 17.8 Å². The molecule has 0 saturated carbocycles. The summed E-state index contributed by atoms with van der Waals surface area (Å²) in [4.78, 5) is 21.7. The summed E-state index contributed by atoms with van der Waals surface area (Å²) in [5.74, 6) is 0. The minimum absolute atomic E-state index is 0.227. The van der Waals surface area contributed by atoms with E-state index in [2.05, 4.69) is 43.0 Å². The molecule has 0 radical (unpaired) electrons. The Balaban J connectivity index is 1.80. The zero-order valence-corrected chi connectivity index (χ0v) is 18.0. The van der Waals surface area contributed by atoms with E-state index in [4.69, 9.17) is 9.72 Å². The molecule has 1 aliphatic heterocycles. The third-order valence-electron chi connectivity index (χ3n) is 4.66. The first-order chi connectivity index (χ1) is 13.2. The average molecular weight is 404 g/mol. The standard InChI is InChI=1S/C21H29N3O3S/c1-6-23(7-2)15-10-8-14(9-11-15)19-22-16-12-24(13-17(25)18(16)28-19)20(26)27-21(3,4)5/h8-11,17,25H,6-7,12-13H2,1-5H3. The largest absolute Gasteiger partial charge is 0.444 e. The van der Waals surface area contributed by atoms with Crippen molar-refractivity contribution in [2.75, 3.05) is 24.5 Å². The van der Waals surface area contributed by atoms with Gasteiger partial charge in [0.15, 0.2) is 0 Å². The first-order valence-corrected chi connectivity index (χ1v) is 10.5. The van der Waals surface area contributed by atoms with Crippen molar-refractivity contribution in [2.45, 2.75) is 52.9 Å². The van der Waals surface area contributed by atoms with Crippen molar-refractivity contribution < 1.29 is 14.6 Å². The van der Waals surface area contributed by atoms with Gasteiger partial charge in [0.1, 0.15) is 16.7 Å². The topological polar surface area (TPSA) is 65.9 Å². The van der Waals surface area contributed by atoms with Crippen molar-refractivity contribution in [3.63, 3.8) is 0 Å². The van der Waals surface area contributed by atoms with Crippen molar-refractivity contribution in [2.24, 2.45) is 0 Å². The number of ether oxygens (including phenoxy) is 1. The van der Waals surface area contributed by atoms with Crippen molar-refractivity contribution in [1.82, 2.24) is 9.88 Å². The van der Waals surface area contributed by atoms with Crippen molar-refractivity contribution in [1.29, 1.82) is 0 Å². The second-order valence-corrected chi connectivity index (χ2v) is 8.96. The minimum Gasteiger partial charge on any atom is -0.444 e. The van der Waals surface area contributed by atoms with E-state index in [9.17, 15) is 9.90 Å². The number of rotatable bonds is 4. The zero-order chi connectivity index (χ0) is 20.5. The molecular formula is C21H29N3O3S. The lowest BCUT2D eigenvalue weighted by molar-refractivity contribution is 0.00845. The van der Waals surface area contributed by atoms with E-state index >= 15 is 0 Å². The third-order valence-corrected chi connectivity index (χ3v) is 5.91. The number of aromatic nitrogens is 1. The van der Waals surface area contributed by atoms with Crippen LogP contribution in [0.5, 0.6) is 0 Å². The molecule has 0 fully saturated rings. The highest BCUT2D eigenvalue weighted by molar-refractivity contribution is 7.15. The second-order valence-electron chi connectivity index (χ2n) is 7.93. The molecule has 1 atom stereocenters. The number of nitrogens with zero attached hydrogens (tertiary/aromatic N) is 3. The van der Waals surface area contributed by atoms with Gasteiger partial charge in [0.25, 0.3) is 0 Å². The molecule has 0 saturated heterocycles. The Bertz CT molecular complexity index is 822. The Hall–Kier alpha value is -2.12. The van der Waals surface area contributed by atoms with Gasteiger partial charge in [-0.05, 0) is 58.9 Å². The highest BCUT2D eigenvalue weighted by Crippen LogP contribution is 2.36.